The molecule has 2 N–H and O–H groups in total. The molecule has 0 bridgehead atoms. The van der Waals surface area contributed by atoms with Gasteiger partial charge in [0, 0.05) is 30.1 Å². The summed E-state index contributed by atoms with van der Waals surface area (Å²) in [5.41, 5.74) is 3.68. The number of hydrogen-bond donors (Lipinski definition) is 2. The number of dihydropyridines is 1. The highest BCUT2D eigenvalue weighted by Gasteiger charge is 2.43. The summed E-state index contributed by atoms with van der Waals surface area (Å²) in [5.74, 6) is -0.725. The summed E-state index contributed by atoms with van der Waals surface area (Å²) in [7, 11) is 1.43. The highest BCUT2D eigenvalue weighted by atomic mass is 16.6. The molecular weight excluding hydrogens is 538 g/mol. The number of hydrogen-bond acceptors (Lipinski definition) is 8. The predicted octanol–water partition coefficient (Wildman–Crippen LogP) is 3.55. The van der Waals surface area contributed by atoms with Crippen molar-refractivity contribution in [2.24, 2.45) is 0 Å². The van der Waals surface area contributed by atoms with E-state index in [9.17, 15) is 24.5 Å². The van der Waals surface area contributed by atoms with Crippen molar-refractivity contribution in [2.75, 3.05) is 33.3 Å². The largest absolute Gasteiger partial charge is 0.468 e. The third-order valence-corrected chi connectivity index (χ3v) is 8.30. The van der Waals surface area contributed by atoms with E-state index in [0.717, 1.165) is 43.0 Å². The van der Waals surface area contributed by atoms with Crippen LogP contribution in [0.15, 0.2) is 77.4 Å². The second-order valence-electron chi connectivity index (χ2n) is 10.7. The summed E-state index contributed by atoms with van der Waals surface area (Å²) >= 11 is 0. The number of ether oxygens (including phenoxy) is 1. The maximum atomic E-state index is 12.9. The Kier molecular flexibility index (Phi) is 9.74. The quantitative estimate of drug-likeness (QED) is 0.170. The number of nitrogens with one attached hydrogen (secondary N) is 2. The summed E-state index contributed by atoms with van der Waals surface area (Å²) in [5, 5.41) is 17.3. The molecule has 0 radical (unpaired) electrons. The average molecular weight is 576 g/mol. The van der Waals surface area contributed by atoms with Gasteiger partial charge < -0.3 is 25.2 Å². The lowest BCUT2D eigenvalue weighted by atomic mass is 9.72. The highest BCUT2D eigenvalue weighted by molar-refractivity contribution is 5.83. The standard InChI is InChI=1S/C31H37N5O6/c1-22-28(32-20-37)27(24-10-12-26(13-11-24)36(40)41)29(23(2)33-22)35(21-38)17-7-16-34-18-14-31(15-19-34,30(39)42-3)25-8-5-4-6-9-25/h4-6,8-13,20-21,27,33H,7,14-19H2,1-3H3,(H,32,37). The molecule has 11 heteroatoms. The Bertz CT molecular complexity index is 1360. The second kappa shape index (κ2) is 13.4. The zero-order chi connectivity index (χ0) is 30.3. The van der Waals surface area contributed by atoms with Crippen LogP contribution in [0.1, 0.15) is 50.2 Å². The van der Waals surface area contributed by atoms with Crippen LogP contribution in [0, 0.1) is 10.1 Å². The molecule has 1 atom stereocenters. The van der Waals surface area contributed by atoms with Crippen LogP contribution in [0.25, 0.3) is 0 Å². The van der Waals surface area contributed by atoms with Gasteiger partial charge in [0.1, 0.15) is 0 Å². The van der Waals surface area contributed by atoms with Crippen molar-refractivity contribution in [2.45, 2.75) is 44.4 Å². The Balaban J connectivity index is 1.48. The van der Waals surface area contributed by atoms with Crippen molar-refractivity contribution < 1.29 is 24.0 Å². The zero-order valence-electron chi connectivity index (χ0n) is 24.2. The molecule has 1 fully saturated rings. The monoisotopic (exact) mass is 575 g/mol. The van der Waals surface area contributed by atoms with Crippen LogP contribution in [0.4, 0.5) is 5.69 Å². The Hall–Kier alpha value is -4.51. The van der Waals surface area contributed by atoms with Crippen molar-refractivity contribution in [1.29, 1.82) is 0 Å². The van der Waals surface area contributed by atoms with Gasteiger partial charge in [-0.15, -0.1) is 0 Å². The zero-order valence-corrected chi connectivity index (χ0v) is 24.2. The fourth-order valence-corrected chi connectivity index (χ4v) is 6.15. The number of nitro benzene ring substituents is 1. The molecule has 2 amide bonds. The maximum Gasteiger partial charge on any atom is 0.316 e. The molecule has 42 heavy (non-hydrogen) atoms. The lowest BCUT2D eigenvalue weighted by Crippen LogP contribution is -2.48. The van der Waals surface area contributed by atoms with Gasteiger partial charge in [-0.1, -0.05) is 42.5 Å². The minimum Gasteiger partial charge on any atom is -0.468 e. The highest BCUT2D eigenvalue weighted by Crippen LogP contribution is 2.39. The van der Waals surface area contributed by atoms with E-state index < -0.39 is 16.3 Å². The molecule has 1 unspecified atom stereocenters. The number of non-ortho nitro benzene ring substituents is 1. The number of rotatable bonds is 12. The van der Waals surface area contributed by atoms with Gasteiger partial charge >= 0.3 is 5.97 Å². The number of nitrogens with zero attached hydrogens (tertiary/aromatic N) is 3. The molecule has 0 aromatic heterocycles. The van der Waals surface area contributed by atoms with E-state index in [1.54, 1.807) is 17.0 Å². The third kappa shape index (κ3) is 6.20. The first kappa shape index (κ1) is 30.4. The molecule has 4 rings (SSSR count). The van der Waals surface area contributed by atoms with E-state index in [1.165, 1.54) is 19.2 Å². The summed E-state index contributed by atoms with van der Waals surface area (Å²) in [6.45, 7) is 6.28. The van der Waals surface area contributed by atoms with Gasteiger partial charge in [0.15, 0.2) is 0 Å². The Morgan fingerprint density at radius 3 is 2.36 bits per heavy atom. The molecule has 2 aliphatic rings. The average Bonchev–Trinajstić information content (AvgIpc) is 3.01. The van der Waals surface area contributed by atoms with E-state index in [-0.39, 0.29) is 11.7 Å². The normalized spacial score (nSPS) is 18.6. The van der Waals surface area contributed by atoms with Crippen molar-refractivity contribution in [3.63, 3.8) is 0 Å². The first-order valence-electron chi connectivity index (χ1n) is 14.0. The summed E-state index contributed by atoms with van der Waals surface area (Å²) in [6, 6.07) is 15.9. The summed E-state index contributed by atoms with van der Waals surface area (Å²) in [4.78, 5) is 51.5. The van der Waals surface area contributed by atoms with Crippen LogP contribution >= 0.6 is 0 Å². The smallest absolute Gasteiger partial charge is 0.316 e. The fourth-order valence-electron chi connectivity index (χ4n) is 6.15. The molecule has 2 aliphatic heterocycles. The minimum atomic E-state index is -0.665. The van der Waals surface area contributed by atoms with Crippen molar-refractivity contribution in [3.8, 4) is 0 Å². The van der Waals surface area contributed by atoms with Gasteiger partial charge in [0.05, 0.1) is 34.8 Å². The lowest BCUT2D eigenvalue weighted by molar-refractivity contribution is -0.384. The number of methoxy groups -OCH3 is 1. The number of allylic oxidation sites excluding steroid dienone is 2. The van der Waals surface area contributed by atoms with Crippen LogP contribution in [0.5, 0.6) is 0 Å². The van der Waals surface area contributed by atoms with E-state index in [1.807, 2.05) is 44.2 Å². The Labute approximate surface area is 245 Å². The molecule has 2 aromatic rings. The van der Waals surface area contributed by atoms with Crippen LogP contribution < -0.4 is 10.6 Å². The number of amides is 2. The van der Waals surface area contributed by atoms with E-state index >= 15 is 0 Å². The Morgan fingerprint density at radius 1 is 1.12 bits per heavy atom. The SMILES string of the molecule is COC(=O)C1(c2ccccc2)CCN(CCCN(C=O)C2=C(C)NC(C)=C(NC=O)C2c2ccc([N+](=O)[O-])cc2)CC1. The Morgan fingerprint density at radius 2 is 1.79 bits per heavy atom. The number of carbonyl (C=O) groups is 3. The number of likely N-dealkylation sites (tertiary alicyclic amines) is 1. The molecule has 0 aliphatic carbocycles. The van der Waals surface area contributed by atoms with Crippen LogP contribution in [-0.2, 0) is 24.5 Å². The van der Waals surface area contributed by atoms with Gasteiger partial charge in [-0.25, -0.2) is 0 Å². The number of piperidine rings is 1. The van der Waals surface area contributed by atoms with Crippen molar-refractivity contribution in [1.82, 2.24) is 20.4 Å². The molecule has 2 aromatic carbocycles. The predicted molar refractivity (Wildman–Crippen MR) is 157 cm³/mol. The molecule has 0 saturated carbocycles. The number of carbonyl (C=O) groups excluding carboxylic acids is 3. The van der Waals surface area contributed by atoms with Crippen LogP contribution in [0.2, 0.25) is 0 Å². The molecule has 222 valence electrons. The van der Waals surface area contributed by atoms with Gasteiger partial charge in [0.2, 0.25) is 12.8 Å². The topological polar surface area (TPSA) is 134 Å². The first-order chi connectivity index (χ1) is 20.2. The fraction of sp³-hybridized carbons (Fsp3) is 0.387. The van der Waals surface area contributed by atoms with Gasteiger partial charge in [0.25, 0.3) is 5.69 Å². The van der Waals surface area contributed by atoms with E-state index in [4.69, 9.17) is 4.74 Å². The molecule has 2 heterocycles. The van der Waals surface area contributed by atoms with Crippen LogP contribution in [-0.4, -0.2) is 66.8 Å². The van der Waals surface area contributed by atoms with Crippen molar-refractivity contribution >= 4 is 24.5 Å². The van der Waals surface area contributed by atoms with Gasteiger partial charge in [-0.3, -0.25) is 24.5 Å². The summed E-state index contributed by atoms with van der Waals surface area (Å²) in [6.07, 6.45) is 3.33. The number of esters is 1. The number of benzene rings is 2. The molecule has 0 spiro atoms. The van der Waals surface area contributed by atoms with Gasteiger partial charge in [-0.2, -0.15) is 0 Å². The molecule has 11 nitrogen and oxygen atoms in total. The molecular formula is C31H37N5O6. The number of nitro groups is 1. The second-order valence-corrected chi connectivity index (χ2v) is 10.7. The third-order valence-electron chi connectivity index (χ3n) is 8.30. The van der Waals surface area contributed by atoms with Crippen LogP contribution in [0.3, 0.4) is 0 Å². The van der Waals surface area contributed by atoms with Crippen molar-refractivity contribution in [3.05, 3.63) is 98.6 Å². The van der Waals surface area contributed by atoms with E-state index in [2.05, 4.69) is 15.5 Å². The maximum absolute atomic E-state index is 12.9. The molecule has 1 saturated heterocycles. The minimum absolute atomic E-state index is 0.0437. The van der Waals surface area contributed by atoms with Gasteiger partial charge in [-0.05, 0) is 63.9 Å². The first-order valence-corrected chi connectivity index (χ1v) is 14.0. The summed E-state index contributed by atoms with van der Waals surface area (Å²) < 4.78 is 5.21. The lowest BCUT2D eigenvalue weighted by Gasteiger charge is -2.40. The van der Waals surface area contributed by atoms with E-state index in [0.29, 0.717) is 49.2 Å².